The summed E-state index contributed by atoms with van der Waals surface area (Å²) in [6.45, 7) is 0. The maximum Gasteiger partial charge on any atom is 0.328 e. The Bertz CT molecular complexity index is 854. The van der Waals surface area contributed by atoms with Gasteiger partial charge in [0.1, 0.15) is 5.75 Å². The van der Waals surface area contributed by atoms with Gasteiger partial charge in [-0.05, 0) is 18.2 Å². The number of amides is 1. The number of hydrogen-bond acceptors (Lipinski definition) is 6. The smallest absolute Gasteiger partial charge is 0.328 e. The van der Waals surface area contributed by atoms with E-state index in [1.165, 1.54) is 18.2 Å². The maximum atomic E-state index is 11.8. The molecule has 1 amide bonds. The van der Waals surface area contributed by atoms with E-state index in [1.54, 1.807) is 0 Å². The highest BCUT2D eigenvalue weighted by molar-refractivity contribution is 9.10. The topological polar surface area (TPSA) is 148 Å². The first-order chi connectivity index (χ1) is 9.88. The monoisotopic (exact) mass is 354 g/mol. The van der Waals surface area contributed by atoms with Crippen LogP contribution in [0.4, 0.5) is 5.69 Å². The summed E-state index contributed by atoms with van der Waals surface area (Å²) in [5, 5.41) is 25.4. The van der Waals surface area contributed by atoms with Crippen molar-refractivity contribution >= 4 is 27.5 Å². The lowest BCUT2D eigenvalue weighted by Gasteiger charge is -2.00. The summed E-state index contributed by atoms with van der Waals surface area (Å²) in [7, 11) is 0. The molecule has 0 unspecified atom stereocenters. The largest absolute Gasteiger partial charge is 0.507 e. The first kappa shape index (κ1) is 14.7. The van der Waals surface area contributed by atoms with Crippen LogP contribution in [0.15, 0.2) is 42.5 Å². The summed E-state index contributed by atoms with van der Waals surface area (Å²) in [6.07, 6.45) is 0. The zero-order valence-corrected chi connectivity index (χ0v) is 11.7. The lowest BCUT2D eigenvalue weighted by atomic mass is 10.2. The average Bonchev–Trinajstić information content (AvgIpc) is 2.40. The van der Waals surface area contributed by atoms with Gasteiger partial charge in [0, 0.05) is 4.47 Å². The van der Waals surface area contributed by atoms with Gasteiger partial charge in [0.25, 0.3) is 11.5 Å². The number of carbonyl (C=O) groups excluding carboxylic acids is 1. The maximum absolute atomic E-state index is 11.8. The molecule has 0 radical (unpaired) electrons. The molecule has 108 valence electrons. The number of aromatic nitrogens is 2. The highest BCUT2D eigenvalue weighted by Crippen LogP contribution is 2.23. The second-order valence-electron chi connectivity index (χ2n) is 3.77. The average molecular weight is 355 g/mol. The minimum atomic E-state index is -1.01. The van der Waals surface area contributed by atoms with E-state index in [9.17, 15) is 24.6 Å². The number of hydrogen-bond donors (Lipinski definition) is 4. The SMILES string of the molecule is O=C(N=Nc1c(O)[nH]c(=O)[nH]c1=O)c1cc(Br)ccc1O. The van der Waals surface area contributed by atoms with Crippen molar-refractivity contribution < 1.29 is 15.0 Å². The third-order valence-corrected chi connectivity index (χ3v) is 2.82. The number of H-pyrrole nitrogens is 2. The normalized spacial score (nSPS) is 10.9. The highest BCUT2D eigenvalue weighted by atomic mass is 79.9. The third kappa shape index (κ3) is 3.23. The summed E-state index contributed by atoms with van der Waals surface area (Å²) in [5.74, 6) is -2.07. The van der Waals surface area contributed by atoms with Crippen LogP contribution in [-0.2, 0) is 0 Å². The van der Waals surface area contributed by atoms with Gasteiger partial charge in [-0.2, -0.15) is 0 Å². The van der Waals surface area contributed by atoms with Crippen LogP contribution in [0.3, 0.4) is 0 Å². The molecule has 0 saturated carbocycles. The molecular formula is C11H7BrN4O5. The van der Waals surface area contributed by atoms with Crippen LogP contribution in [0.1, 0.15) is 10.4 Å². The zero-order valence-electron chi connectivity index (χ0n) is 10.1. The molecule has 0 bridgehead atoms. The van der Waals surface area contributed by atoms with Crippen molar-refractivity contribution in [2.24, 2.45) is 10.2 Å². The van der Waals surface area contributed by atoms with Crippen LogP contribution in [0.5, 0.6) is 11.6 Å². The van der Waals surface area contributed by atoms with E-state index in [0.717, 1.165) is 0 Å². The predicted octanol–water partition coefficient (Wildman–Crippen LogP) is 1.16. The van der Waals surface area contributed by atoms with Crippen LogP contribution >= 0.6 is 15.9 Å². The Morgan fingerprint density at radius 2 is 1.90 bits per heavy atom. The molecule has 0 aliphatic heterocycles. The molecule has 0 fully saturated rings. The van der Waals surface area contributed by atoms with Crippen molar-refractivity contribution in [3.05, 3.63) is 49.1 Å². The van der Waals surface area contributed by atoms with Crippen molar-refractivity contribution in [2.75, 3.05) is 0 Å². The molecular weight excluding hydrogens is 348 g/mol. The molecule has 10 heteroatoms. The molecule has 4 N–H and O–H groups in total. The lowest BCUT2D eigenvalue weighted by Crippen LogP contribution is -2.21. The highest BCUT2D eigenvalue weighted by Gasteiger charge is 2.13. The number of phenolic OH excluding ortho intramolecular Hbond substituents is 1. The standard InChI is InChI=1S/C11H7BrN4O5/c12-4-1-2-6(17)5(3-4)8(18)16-15-7-9(19)13-11(21)14-10(7)20/h1-3,17H,(H3,13,14,19,20,21). The second-order valence-corrected chi connectivity index (χ2v) is 4.69. The van der Waals surface area contributed by atoms with Gasteiger partial charge in [0.2, 0.25) is 11.6 Å². The summed E-state index contributed by atoms with van der Waals surface area (Å²) in [6, 6.07) is 4.10. The van der Waals surface area contributed by atoms with Gasteiger partial charge in [-0.1, -0.05) is 15.9 Å². The number of rotatable bonds is 2. The first-order valence-corrected chi connectivity index (χ1v) is 6.18. The molecule has 2 rings (SSSR count). The Kier molecular flexibility index (Phi) is 3.98. The minimum absolute atomic E-state index is 0.145. The van der Waals surface area contributed by atoms with Crippen LogP contribution < -0.4 is 11.2 Å². The molecule has 0 saturated heterocycles. The number of aromatic hydroxyl groups is 2. The molecule has 9 nitrogen and oxygen atoms in total. The van der Waals surface area contributed by atoms with Crippen molar-refractivity contribution in [2.45, 2.75) is 0 Å². The molecule has 1 heterocycles. The molecule has 0 aliphatic rings. The third-order valence-electron chi connectivity index (χ3n) is 2.33. The molecule has 0 aliphatic carbocycles. The minimum Gasteiger partial charge on any atom is -0.507 e. The molecule has 0 spiro atoms. The van der Waals surface area contributed by atoms with Gasteiger partial charge >= 0.3 is 5.69 Å². The Morgan fingerprint density at radius 1 is 1.19 bits per heavy atom. The van der Waals surface area contributed by atoms with Crippen molar-refractivity contribution in [3.8, 4) is 11.6 Å². The molecule has 1 aromatic heterocycles. The van der Waals surface area contributed by atoms with Gasteiger partial charge < -0.3 is 10.2 Å². The quantitative estimate of drug-likeness (QED) is 0.597. The van der Waals surface area contributed by atoms with Gasteiger partial charge in [-0.25, -0.2) is 4.79 Å². The van der Waals surface area contributed by atoms with E-state index in [-0.39, 0.29) is 11.3 Å². The molecule has 0 atom stereocenters. The Hall–Kier alpha value is -2.75. The second kappa shape index (κ2) is 5.71. The fourth-order valence-electron chi connectivity index (χ4n) is 1.39. The van der Waals surface area contributed by atoms with E-state index in [4.69, 9.17) is 0 Å². The Morgan fingerprint density at radius 3 is 2.57 bits per heavy atom. The van der Waals surface area contributed by atoms with Gasteiger partial charge in [0.05, 0.1) is 5.56 Å². The molecule has 2 aromatic rings. The van der Waals surface area contributed by atoms with Crippen LogP contribution in [-0.4, -0.2) is 26.1 Å². The van der Waals surface area contributed by atoms with Crippen LogP contribution in [0.2, 0.25) is 0 Å². The van der Waals surface area contributed by atoms with Gasteiger partial charge in [0.15, 0.2) is 0 Å². The van der Waals surface area contributed by atoms with E-state index < -0.39 is 28.7 Å². The number of carbonyl (C=O) groups is 1. The molecule has 21 heavy (non-hydrogen) atoms. The van der Waals surface area contributed by atoms with E-state index in [1.807, 2.05) is 9.97 Å². The van der Waals surface area contributed by atoms with Gasteiger partial charge in [-0.3, -0.25) is 19.6 Å². The van der Waals surface area contributed by atoms with Crippen LogP contribution in [0, 0.1) is 0 Å². The number of nitrogens with one attached hydrogen (secondary N) is 2. The number of halogens is 1. The first-order valence-electron chi connectivity index (χ1n) is 5.38. The van der Waals surface area contributed by atoms with Gasteiger partial charge in [-0.15, -0.1) is 10.2 Å². The Balaban J connectivity index is 2.38. The fraction of sp³-hybridized carbons (Fsp3) is 0. The number of benzene rings is 1. The predicted molar refractivity (Wildman–Crippen MR) is 74.0 cm³/mol. The fourth-order valence-corrected chi connectivity index (χ4v) is 1.75. The summed E-state index contributed by atoms with van der Waals surface area (Å²) < 4.78 is 0.531. The lowest BCUT2D eigenvalue weighted by molar-refractivity contribution is 0.0992. The summed E-state index contributed by atoms with van der Waals surface area (Å²) in [4.78, 5) is 37.7. The summed E-state index contributed by atoms with van der Waals surface area (Å²) >= 11 is 3.12. The number of aromatic amines is 2. The van der Waals surface area contributed by atoms with Crippen molar-refractivity contribution in [1.29, 1.82) is 0 Å². The van der Waals surface area contributed by atoms with Crippen molar-refractivity contribution in [1.82, 2.24) is 9.97 Å². The van der Waals surface area contributed by atoms with E-state index in [0.29, 0.717) is 4.47 Å². The van der Waals surface area contributed by atoms with Crippen molar-refractivity contribution in [3.63, 3.8) is 0 Å². The number of azo groups is 1. The Labute approximate surface area is 124 Å². The van der Waals surface area contributed by atoms with E-state index in [2.05, 4.69) is 26.2 Å². The number of nitrogens with zero attached hydrogens (tertiary/aromatic N) is 2. The number of phenols is 1. The summed E-state index contributed by atoms with van der Waals surface area (Å²) in [5.41, 5.74) is -2.70. The van der Waals surface area contributed by atoms with E-state index >= 15 is 0 Å². The van der Waals surface area contributed by atoms with Crippen LogP contribution in [0.25, 0.3) is 0 Å². The zero-order chi connectivity index (χ0) is 15.6. The molecule has 1 aromatic carbocycles.